The zero-order valence-electron chi connectivity index (χ0n) is 8.77. The molecule has 0 aliphatic heterocycles. The molecule has 0 radical (unpaired) electrons. The summed E-state index contributed by atoms with van der Waals surface area (Å²) in [5.74, 6) is 0. The van der Waals surface area contributed by atoms with Crippen LogP contribution in [0.25, 0.3) is 0 Å². The highest BCUT2D eigenvalue weighted by Crippen LogP contribution is 2.27. The van der Waals surface area contributed by atoms with Gasteiger partial charge in [0.2, 0.25) is 0 Å². The molecule has 17 heavy (non-hydrogen) atoms. The maximum absolute atomic E-state index is 9.15. The average Bonchev–Trinajstić information content (AvgIpc) is 2.35. The summed E-state index contributed by atoms with van der Waals surface area (Å²) in [5.41, 5.74) is 1.65. The minimum absolute atomic E-state index is 0.362. The lowest BCUT2D eigenvalue weighted by atomic mass is 10.0. The standard InChI is InChI=1S/C13H9Cl2NO/c14-10-7-4-8-11(15)12(10)13(16-17)9-5-2-1-3-6-9/h1-8,17H/b16-13-. The normalized spacial score (nSPS) is 11.5. The molecule has 0 fully saturated rings. The van der Waals surface area contributed by atoms with Gasteiger partial charge in [-0.3, -0.25) is 0 Å². The average molecular weight is 266 g/mol. The highest BCUT2D eigenvalue weighted by molar-refractivity contribution is 6.41. The van der Waals surface area contributed by atoms with Crippen LogP contribution >= 0.6 is 23.2 Å². The molecule has 2 rings (SSSR count). The van der Waals surface area contributed by atoms with Crippen LogP contribution in [0.15, 0.2) is 53.7 Å². The van der Waals surface area contributed by atoms with Crippen molar-refractivity contribution in [1.29, 1.82) is 0 Å². The molecule has 0 saturated carbocycles. The van der Waals surface area contributed by atoms with Crippen molar-refractivity contribution in [2.45, 2.75) is 0 Å². The molecule has 0 amide bonds. The lowest BCUT2D eigenvalue weighted by Gasteiger charge is -2.08. The Morgan fingerprint density at radius 2 is 1.47 bits per heavy atom. The Bertz CT molecular complexity index is 532. The van der Waals surface area contributed by atoms with Gasteiger partial charge in [-0.1, -0.05) is 64.8 Å². The predicted molar refractivity (Wildman–Crippen MR) is 70.3 cm³/mol. The number of hydrogen-bond acceptors (Lipinski definition) is 2. The smallest absolute Gasteiger partial charge is 0.120 e. The van der Waals surface area contributed by atoms with E-state index in [0.717, 1.165) is 5.56 Å². The third kappa shape index (κ3) is 2.43. The molecule has 0 aromatic heterocycles. The van der Waals surface area contributed by atoms with Crippen LogP contribution in [-0.2, 0) is 0 Å². The van der Waals surface area contributed by atoms with Crippen LogP contribution in [0.5, 0.6) is 0 Å². The summed E-state index contributed by atoms with van der Waals surface area (Å²) < 4.78 is 0. The van der Waals surface area contributed by atoms with Crippen LogP contribution in [0.4, 0.5) is 0 Å². The van der Waals surface area contributed by atoms with Crippen molar-refractivity contribution >= 4 is 28.9 Å². The van der Waals surface area contributed by atoms with E-state index in [0.29, 0.717) is 21.3 Å². The summed E-state index contributed by atoms with van der Waals surface area (Å²) >= 11 is 12.2. The van der Waals surface area contributed by atoms with Gasteiger partial charge in [0.15, 0.2) is 0 Å². The molecular formula is C13H9Cl2NO. The maximum atomic E-state index is 9.15. The minimum Gasteiger partial charge on any atom is -0.410 e. The Labute approximate surface area is 109 Å². The first kappa shape index (κ1) is 12.0. The molecule has 0 unspecified atom stereocenters. The Morgan fingerprint density at radius 1 is 0.882 bits per heavy atom. The Morgan fingerprint density at radius 3 is 2.00 bits per heavy atom. The molecule has 0 spiro atoms. The van der Waals surface area contributed by atoms with Crippen molar-refractivity contribution in [1.82, 2.24) is 0 Å². The SMILES string of the molecule is O/N=C(/c1ccccc1)c1c(Cl)cccc1Cl. The van der Waals surface area contributed by atoms with E-state index in [4.69, 9.17) is 28.4 Å². The van der Waals surface area contributed by atoms with Crippen molar-refractivity contribution < 1.29 is 5.21 Å². The summed E-state index contributed by atoms with van der Waals surface area (Å²) in [7, 11) is 0. The second-order valence-electron chi connectivity index (χ2n) is 3.41. The third-order valence-corrected chi connectivity index (χ3v) is 2.98. The third-order valence-electron chi connectivity index (χ3n) is 2.35. The minimum atomic E-state index is 0.362. The van der Waals surface area contributed by atoms with Crippen molar-refractivity contribution in [2.24, 2.45) is 5.16 Å². The largest absolute Gasteiger partial charge is 0.410 e. The number of halogens is 2. The van der Waals surface area contributed by atoms with Gasteiger partial charge >= 0.3 is 0 Å². The van der Waals surface area contributed by atoms with E-state index in [1.807, 2.05) is 30.3 Å². The van der Waals surface area contributed by atoms with Gasteiger partial charge in [0.05, 0.1) is 10.0 Å². The zero-order valence-corrected chi connectivity index (χ0v) is 10.3. The molecule has 4 heteroatoms. The van der Waals surface area contributed by atoms with Gasteiger partial charge in [0, 0.05) is 11.1 Å². The van der Waals surface area contributed by atoms with Crippen molar-refractivity contribution in [3.05, 3.63) is 69.7 Å². The van der Waals surface area contributed by atoms with E-state index in [-0.39, 0.29) is 0 Å². The second kappa shape index (κ2) is 5.21. The van der Waals surface area contributed by atoms with Crippen molar-refractivity contribution in [3.8, 4) is 0 Å². The predicted octanol–water partition coefficient (Wildman–Crippen LogP) is 4.22. The molecule has 86 valence electrons. The van der Waals surface area contributed by atoms with E-state index in [9.17, 15) is 0 Å². The van der Waals surface area contributed by atoms with Crippen molar-refractivity contribution in [2.75, 3.05) is 0 Å². The molecule has 2 aromatic rings. The summed E-state index contributed by atoms with van der Waals surface area (Å²) in [5, 5.41) is 13.4. The quantitative estimate of drug-likeness (QED) is 0.492. The first-order chi connectivity index (χ1) is 8.24. The van der Waals surface area contributed by atoms with Crippen LogP contribution in [0.1, 0.15) is 11.1 Å². The number of benzene rings is 2. The fourth-order valence-electron chi connectivity index (χ4n) is 1.57. The molecule has 0 saturated heterocycles. The van der Waals surface area contributed by atoms with Crippen LogP contribution in [0.3, 0.4) is 0 Å². The molecule has 0 aliphatic rings. The Kier molecular flexibility index (Phi) is 3.67. The zero-order chi connectivity index (χ0) is 12.3. The number of nitrogens with zero attached hydrogens (tertiary/aromatic N) is 1. The molecule has 0 bridgehead atoms. The number of oxime groups is 1. The summed E-state index contributed by atoms with van der Waals surface area (Å²) in [6, 6.07) is 14.4. The van der Waals surface area contributed by atoms with E-state index in [1.165, 1.54) is 0 Å². The Balaban J connectivity index is 2.59. The van der Waals surface area contributed by atoms with Crippen LogP contribution < -0.4 is 0 Å². The van der Waals surface area contributed by atoms with E-state index >= 15 is 0 Å². The van der Waals surface area contributed by atoms with Gasteiger partial charge in [-0.05, 0) is 12.1 Å². The maximum Gasteiger partial charge on any atom is 0.120 e. The van der Waals surface area contributed by atoms with E-state index < -0.39 is 0 Å². The monoisotopic (exact) mass is 265 g/mol. The van der Waals surface area contributed by atoms with Gasteiger partial charge in [-0.25, -0.2) is 0 Å². The van der Waals surface area contributed by atoms with Crippen LogP contribution in [-0.4, -0.2) is 10.9 Å². The first-order valence-corrected chi connectivity index (χ1v) is 5.71. The summed E-state index contributed by atoms with van der Waals surface area (Å²) in [4.78, 5) is 0. The second-order valence-corrected chi connectivity index (χ2v) is 4.23. The number of rotatable bonds is 2. The molecule has 0 heterocycles. The molecule has 2 nitrogen and oxygen atoms in total. The number of hydrogen-bond donors (Lipinski definition) is 1. The molecule has 0 atom stereocenters. The van der Waals surface area contributed by atoms with Gasteiger partial charge in [-0.2, -0.15) is 0 Å². The molecule has 1 N–H and O–H groups in total. The van der Waals surface area contributed by atoms with Gasteiger partial charge in [0.25, 0.3) is 0 Å². The van der Waals surface area contributed by atoms with E-state index in [1.54, 1.807) is 18.2 Å². The lowest BCUT2D eigenvalue weighted by molar-refractivity contribution is 0.319. The lowest BCUT2D eigenvalue weighted by Crippen LogP contribution is -2.04. The van der Waals surface area contributed by atoms with Gasteiger partial charge in [-0.15, -0.1) is 0 Å². The topological polar surface area (TPSA) is 32.6 Å². The van der Waals surface area contributed by atoms with Crippen LogP contribution in [0, 0.1) is 0 Å². The fraction of sp³-hybridized carbons (Fsp3) is 0. The Hall–Kier alpha value is -1.51. The van der Waals surface area contributed by atoms with Gasteiger partial charge < -0.3 is 5.21 Å². The van der Waals surface area contributed by atoms with Crippen molar-refractivity contribution in [3.63, 3.8) is 0 Å². The molecule has 2 aromatic carbocycles. The first-order valence-electron chi connectivity index (χ1n) is 4.96. The molecule has 0 aliphatic carbocycles. The van der Waals surface area contributed by atoms with Gasteiger partial charge in [0.1, 0.15) is 5.71 Å². The fourth-order valence-corrected chi connectivity index (χ4v) is 2.15. The highest BCUT2D eigenvalue weighted by Gasteiger charge is 2.14. The van der Waals surface area contributed by atoms with E-state index in [2.05, 4.69) is 5.16 Å². The summed E-state index contributed by atoms with van der Waals surface area (Å²) in [6.07, 6.45) is 0. The summed E-state index contributed by atoms with van der Waals surface area (Å²) in [6.45, 7) is 0. The highest BCUT2D eigenvalue weighted by atomic mass is 35.5. The molecular weight excluding hydrogens is 257 g/mol. The van der Waals surface area contributed by atoms with Crippen LogP contribution in [0.2, 0.25) is 10.0 Å².